The van der Waals surface area contributed by atoms with Gasteiger partial charge in [-0.25, -0.2) is 13.2 Å². The summed E-state index contributed by atoms with van der Waals surface area (Å²) < 4.78 is 64.4. The van der Waals surface area contributed by atoms with Crippen molar-refractivity contribution in [2.75, 3.05) is 0 Å². The van der Waals surface area contributed by atoms with Crippen LogP contribution in [0.5, 0.6) is 5.75 Å². The van der Waals surface area contributed by atoms with Crippen molar-refractivity contribution < 1.29 is 26.7 Å². The molecule has 0 saturated heterocycles. The molecule has 78 valence electrons. The second kappa shape index (κ2) is 4.26. The van der Waals surface area contributed by atoms with Crippen molar-refractivity contribution in [3.05, 3.63) is 29.3 Å². The van der Waals surface area contributed by atoms with Crippen LogP contribution in [0.4, 0.5) is 22.0 Å². The highest BCUT2D eigenvalue weighted by Crippen LogP contribution is 2.24. The monoisotopic (exact) mass is 212 g/mol. The molecule has 0 unspecified atom stereocenters. The lowest BCUT2D eigenvalue weighted by atomic mass is 10.2. The van der Waals surface area contributed by atoms with Crippen molar-refractivity contribution in [3.8, 4) is 5.75 Å². The first-order valence-corrected chi connectivity index (χ1v) is 3.53. The lowest BCUT2D eigenvalue weighted by Crippen LogP contribution is -2.05. The van der Waals surface area contributed by atoms with Gasteiger partial charge < -0.3 is 4.74 Å². The number of hydrogen-bond acceptors (Lipinski definition) is 1. The smallest absolute Gasteiger partial charge is 0.387 e. The highest BCUT2D eigenvalue weighted by atomic mass is 19.3. The Labute approximate surface area is 76.1 Å². The van der Waals surface area contributed by atoms with E-state index in [4.69, 9.17) is 0 Å². The average Bonchev–Trinajstić information content (AvgIpc) is 2.10. The zero-order valence-corrected chi connectivity index (χ0v) is 6.74. The van der Waals surface area contributed by atoms with Gasteiger partial charge in [0.05, 0.1) is 0 Å². The van der Waals surface area contributed by atoms with Gasteiger partial charge in [-0.05, 0) is 6.07 Å². The molecule has 14 heavy (non-hydrogen) atoms. The minimum absolute atomic E-state index is 0.385. The molecule has 0 aliphatic rings. The minimum atomic E-state index is -3.20. The molecule has 0 spiro atoms. The molecule has 0 aliphatic heterocycles. The van der Waals surface area contributed by atoms with E-state index in [0.717, 1.165) is 0 Å². The van der Waals surface area contributed by atoms with Crippen LogP contribution in [0.15, 0.2) is 12.1 Å². The molecule has 0 amide bonds. The van der Waals surface area contributed by atoms with Crippen molar-refractivity contribution in [3.63, 3.8) is 0 Å². The summed E-state index contributed by atoms with van der Waals surface area (Å²) in [6.45, 7) is -4.41. The number of benzene rings is 1. The third-order valence-electron chi connectivity index (χ3n) is 1.46. The van der Waals surface area contributed by atoms with Gasteiger partial charge in [0, 0.05) is 11.6 Å². The second-order valence-corrected chi connectivity index (χ2v) is 2.39. The molecule has 0 radical (unpaired) electrons. The molecular weight excluding hydrogens is 207 g/mol. The van der Waals surface area contributed by atoms with Crippen LogP contribution in [0.1, 0.15) is 5.56 Å². The summed E-state index contributed by atoms with van der Waals surface area (Å²) in [7, 11) is 0. The predicted octanol–water partition coefficient (Wildman–Crippen LogP) is 3.04. The zero-order valence-electron chi connectivity index (χ0n) is 6.74. The Hall–Kier alpha value is -1.33. The van der Waals surface area contributed by atoms with Crippen molar-refractivity contribution in [1.29, 1.82) is 0 Å². The van der Waals surface area contributed by atoms with Gasteiger partial charge in [-0.2, -0.15) is 8.78 Å². The molecule has 0 aliphatic carbocycles. The van der Waals surface area contributed by atoms with Crippen LogP contribution < -0.4 is 4.74 Å². The van der Waals surface area contributed by atoms with Crippen LogP contribution >= 0.6 is 0 Å². The molecule has 0 fully saturated rings. The Balaban J connectivity index is 3.07. The van der Waals surface area contributed by atoms with Crippen LogP contribution in [0.25, 0.3) is 0 Å². The molecule has 6 heteroatoms. The third kappa shape index (κ3) is 2.34. The number of alkyl halides is 3. The summed E-state index contributed by atoms with van der Waals surface area (Å²) >= 11 is 0. The van der Waals surface area contributed by atoms with Crippen molar-refractivity contribution in [2.45, 2.75) is 13.3 Å². The molecule has 1 nitrogen and oxygen atoms in total. The van der Waals surface area contributed by atoms with Gasteiger partial charge >= 0.3 is 6.61 Å². The van der Waals surface area contributed by atoms with E-state index in [-0.39, 0.29) is 0 Å². The van der Waals surface area contributed by atoms with Gasteiger partial charge in [0.15, 0.2) is 11.6 Å². The van der Waals surface area contributed by atoms with Gasteiger partial charge in [-0.1, -0.05) is 0 Å². The van der Waals surface area contributed by atoms with Crippen LogP contribution in [0.3, 0.4) is 0 Å². The quantitative estimate of drug-likeness (QED) is 0.699. The molecule has 0 atom stereocenters. The summed E-state index contributed by atoms with van der Waals surface area (Å²) in [5.74, 6) is -3.36. The Morgan fingerprint density at radius 3 is 2.21 bits per heavy atom. The Kier molecular flexibility index (Phi) is 3.27. The van der Waals surface area contributed by atoms with Gasteiger partial charge in [0.25, 0.3) is 0 Å². The van der Waals surface area contributed by atoms with E-state index < -0.39 is 36.2 Å². The highest BCUT2D eigenvalue weighted by Gasteiger charge is 2.14. The Bertz CT molecular complexity index is 326. The number of ether oxygens (including phenoxy) is 1. The SMILES string of the molecule is FCc1cc(F)c(F)cc1OC(F)F. The van der Waals surface area contributed by atoms with Gasteiger partial charge in [-0.15, -0.1) is 0 Å². The maximum Gasteiger partial charge on any atom is 0.387 e. The van der Waals surface area contributed by atoms with Crippen LogP contribution in [0.2, 0.25) is 0 Å². The summed E-state index contributed by atoms with van der Waals surface area (Å²) in [6, 6.07) is 0.865. The summed E-state index contributed by atoms with van der Waals surface area (Å²) in [5, 5.41) is 0. The van der Waals surface area contributed by atoms with E-state index >= 15 is 0 Å². The molecule has 1 aromatic rings. The molecule has 0 N–H and O–H groups in total. The molecule has 0 bridgehead atoms. The fourth-order valence-electron chi connectivity index (χ4n) is 0.880. The van der Waals surface area contributed by atoms with E-state index in [1.54, 1.807) is 0 Å². The lowest BCUT2D eigenvalue weighted by molar-refractivity contribution is -0.0509. The maximum atomic E-state index is 12.5. The number of hydrogen-bond donors (Lipinski definition) is 0. The van der Waals surface area contributed by atoms with Crippen LogP contribution in [0, 0.1) is 11.6 Å². The molecule has 0 saturated carbocycles. The number of halogens is 5. The molecule has 1 rings (SSSR count). The van der Waals surface area contributed by atoms with Crippen molar-refractivity contribution in [1.82, 2.24) is 0 Å². The van der Waals surface area contributed by atoms with Gasteiger partial charge in [0.2, 0.25) is 0 Å². The van der Waals surface area contributed by atoms with E-state index in [1.165, 1.54) is 0 Å². The molecule has 1 aromatic carbocycles. The lowest BCUT2D eigenvalue weighted by Gasteiger charge is -2.08. The third-order valence-corrected chi connectivity index (χ3v) is 1.46. The normalized spacial score (nSPS) is 10.7. The zero-order chi connectivity index (χ0) is 10.7. The van der Waals surface area contributed by atoms with Crippen LogP contribution in [-0.2, 0) is 6.67 Å². The summed E-state index contributed by atoms with van der Waals surface area (Å²) in [4.78, 5) is 0. The van der Waals surface area contributed by atoms with E-state index in [0.29, 0.717) is 12.1 Å². The first-order valence-electron chi connectivity index (χ1n) is 3.53. The van der Waals surface area contributed by atoms with Gasteiger partial charge in [0.1, 0.15) is 12.4 Å². The second-order valence-electron chi connectivity index (χ2n) is 2.39. The largest absolute Gasteiger partial charge is 0.434 e. The molecular formula is C8H5F5O. The average molecular weight is 212 g/mol. The van der Waals surface area contributed by atoms with Crippen molar-refractivity contribution >= 4 is 0 Å². The minimum Gasteiger partial charge on any atom is -0.434 e. The first-order chi connectivity index (χ1) is 6.54. The summed E-state index contributed by atoms with van der Waals surface area (Å²) in [6.07, 6.45) is 0. The van der Waals surface area contributed by atoms with E-state index in [9.17, 15) is 22.0 Å². The first kappa shape index (κ1) is 10.7. The van der Waals surface area contributed by atoms with Crippen molar-refractivity contribution in [2.24, 2.45) is 0 Å². The van der Waals surface area contributed by atoms with Gasteiger partial charge in [-0.3, -0.25) is 0 Å². The van der Waals surface area contributed by atoms with E-state index in [2.05, 4.69) is 4.74 Å². The molecule has 0 heterocycles. The Morgan fingerprint density at radius 1 is 1.14 bits per heavy atom. The topological polar surface area (TPSA) is 9.23 Å². The van der Waals surface area contributed by atoms with E-state index in [1.807, 2.05) is 0 Å². The number of rotatable bonds is 3. The highest BCUT2D eigenvalue weighted by molar-refractivity contribution is 5.34. The molecule has 0 aromatic heterocycles. The fraction of sp³-hybridized carbons (Fsp3) is 0.250. The Morgan fingerprint density at radius 2 is 1.71 bits per heavy atom. The summed E-state index contributed by atoms with van der Waals surface area (Å²) in [5.41, 5.74) is -0.454. The predicted molar refractivity (Wildman–Crippen MR) is 37.8 cm³/mol. The maximum absolute atomic E-state index is 12.5. The standard InChI is InChI=1S/C8H5F5O/c9-3-4-1-5(10)6(11)2-7(4)14-8(12)13/h1-2,8H,3H2. The van der Waals surface area contributed by atoms with Crippen LogP contribution in [-0.4, -0.2) is 6.61 Å². The fourth-order valence-corrected chi connectivity index (χ4v) is 0.880.